The molecule has 0 saturated carbocycles. The summed E-state index contributed by atoms with van der Waals surface area (Å²) in [5.74, 6) is 1.84. The maximum Gasteiger partial charge on any atom is 0.172 e. The fourth-order valence-corrected chi connectivity index (χ4v) is 2.11. The number of thiophene rings is 1. The zero-order valence-corrected chi connectivity index (χ0v) is 8.60. The third kappa shape index (κ3) is 1.97. The second-order valence-corrected chi connectivity index (χ2v) is 4.04. The maximum atomic E-state index is 5.76. The first-order valence-electron chi connectivity index (χ1n) is 4.75. The van der Waals surface area contributed by atoms with Gasteiger partial charge in [0.1, 0.15) is 12.7 Å². The molecule has 0 saturated heterocycles. The Morgan fingerprint density at radius 2 is 2.31 bits per heavy atom. The summed E-state index contributed by atoms with van der Waals surface area (Å²) in [6, 6.07) is 0. The number of hydrogen-bond acceptors (Lipinski definition) is 3. The smallest absolute Gasteiger partial charge is 0.172 e. The van der Waals surface area contributed by atoms with Crippen molar-refractivity contribution in [1.82, 2.24) is 0 Å². The van der Waals surface area contributed by atoms with E-state index in [0.717, 1.165) is 17.9 Å². The van der Waals surface area contributed by atoms with Gasteiger partial charge in [0.25, 0.3) is 0 Å². The van der Waals surface area contributed by atoms with E-state index in [1.54, 1.807) is 11.3 Å². The molecule has 0 aromatic carbocycles. The van der Waals surface area contributed by atoms with Gasteiger partial charge in [0, 0.05) is 10.8 Å². The molecule has 13 heavy (non-hydrogen) atoms. The molecule has 0 spiro atoms. The van der Waals surface area contributed by atoms with Crippen LogP contribution < -0.4 is 9.47 Å². The number of hydrogen-bond donors (Lipinski definition) is 0. The van der Waals surface area contributed by atoms with E-state index in [9.17, 15) is 0 Å². The summed E-state index contributed by atoms with van der Waals surface area (Å²) in [6.07, 6.45) is 3.80. The molecule has 72 valence electrons. The van der Waals surface area contributed by atoms with Gasteiger partial charge in [-0.2, -0.15) is 0 Å². The molecule has 0 aliphatic carbocycles. The Bertz CT molecular complexity index is 270. The van der Waals surface area contributed by atoms with Crippen LogP contribution in [0.3, 0.4) is 0 Å². The third-order valence-electron chi connectivity index (χ3n) is 2.19. The van der Waals surface area contributed by atoms with Crippen molar-refractivity contribution in [1.29, 1.82) is 0 Å². The minimum absolute atomic E-state index is 0.266. The lowest BCUT2D eigenvalue weighted by Crippen LogP contribution is -2.28. The number of unbranched alkanes of at least 4 members (excludes halogenated alkanes) is 1. The molecule has 2 heterocycles. The monoisotopic (exact) mass is 198 g/mol. The highest BCUT2D eigenvalue weighted by Crippen LogP contribution is 2.35. The van der Waals surface area contributed by atoms with E-state index in [0.29, 0.717) is 6.61 Å². The van der Waals surface area contributed by atoms with Gasteiger partial charge < -0.3 is 9.47 Å². The minimum Gasteiger partial charge on any atom is -0.485 e. The van der Waals surface area contributed by atoms with Gasteiger partial charge in [0.05, 0.1) is 0 Å². The van der Waals surface area contributed by atoms with E-state index in [1.807, 2.05) is 10.8 Å². The second kappa shape index (κ2) is 4.01. The van der Waals surface area contributed by atoms with Crippen molar-refractivity contribution in [2.75, 3.05) is 6.61 Å². The van der Waals surface area contributed by atoms with E-state index >= 15 is 0 Å². The van der Waals surface area contributed by atoms with Crippen LogP contribution in [0.25, 0.3) is 0 Å². The molecule has 3 heteroatoms. The zero-order chi connectivity index (χ0) is 9.10. The number of ether oxygens (including phenoxy) is 2. The van der Waals surface area contributed by atoms with Gasteiger partial charge in [-0.25, -0.2) is 0 Å². The van der Waals surface area contributed by atoms with Crippen molar-refractivity contribution in [2.24, 2.45) is 0 Å². The first-order chi connectivity index (χ1) is 6.40. The van der Waals surface area contributed by atoms with Crippen molar-refractivity contribution in [3.8, 4) is 11.5 Å². The van der Waals surface area contributed by atoms with Gasteiger partial charge >= 0.3 is 0 Å². The summed E-state index contributed by atoms with van der Waals surface area (Å²) < 4.78 is 11.3. The first-order valence-corrected chi connectivity index (χ1v) is 5.70. The summed E-state index contributed by atoms with van der Waals surface area (Å²) in [4.78, 5) is 0. The van der Waals surface area contributed by atoms with Crippen LogP contribution in [0, 0.1) is 0 Å². The standard InChI is InChI=1S/C10H14O2S/c1-2-3-4-8-5-11-9-6-13-7-10(9)12-8/h6-8H,2-5H2,1H3. The molecule has 0 N–H and O–H groups in total. The molecule has 2 nitrogen and oxygen atoms in total. The van der Waals surface area contributed by atoms with Crippen LogP contribution in [-0.2, 0) is 0 Å². The SMILES string of the molecule is CCCCC1COc2cscc2O1. The van der Waals surface area contributed by atoms with Crippen molar-refractivity contribution in [3.63, 3.8) is 0 Å². The molecular weight excluding hydrogens is 184 g/mol. The van der Waals surface area contributed by atoms with Crippen molar-refractivity contribution in [2.45, 2.75) is 32.3 Å². The molecule has 0 radical (unpaired) electrons. The second-order valence-electron chi connectivity index (χ2n) is 3.29. The number of rotatable bonds is 3. The van der Waals surface area contributed by atoms with Crippen LogP contribution >= 0.6 is 11.3 Å². The van der Waals surface area contributed by atoms with E-state index in [2.05, 4.69) is 6.92 Å². The maximum absolute atomic E-state index is 5.76. The van der Waals surface area contributed by atoms with Crippen molar-refractivity contribution in [3.05, 3.63) is 10.8 Å². The average molecular weight is 198 g/mol. The van der Waals surface area contributed by atoms with E-state index < -0.39 is 0 Å². The van der Waals surface area contributed by atoms with Gasteiger partial charge in [-0.05, 0) is 12.8 Å². The molecule has 1 aliphatic heterocycles. The first kappa shape index (κ1) is 8.88. The minimum atomic E-state index is 0.266. The molecular formula is C10H14O2S. The Morgan fingerprint density at radius 3 is 3.15 bits per heavy atom. The Morgan fingerprint density at radius 1 is 1.46 bits per heavy atom. The Kier molecular flexibility index (Phi) is 2.74. The lowest BCUT2D eigenvalue weighted by molar-refractivity contribution is 0.0846. The summed E-state index contributed by atoms with van der Waals surface area (Å²) in [7, 11) is 0. The fraction of sp³-hybridized carbons (Fsp3) is 0.600. The van der Waals surface area contributed by atoms with Crippen molar-refractivity contribution >= 4 is 11.3 Å². The quantitative estimate of drug-likeness (QED) is 0.743. The average Bonchev–Trinajstić information content (AvgIpc) is 2.61. The van der Waals surface area contributed by atoms with E-state index in [1.165, 1.54) is 12.8 Å². The largest absolute Gasteiger partial charge is 0.485 e. The molecule has 0 fully saturated rings. The Labute approximate surface area is 82.5 Å². The van der Waals surface area contributed by atoms with Crippen LogP contribution in [0.5, 0.6) is 11.5 Å². The van der Waals surface area contributed by atoms with Gasteiger partial charge in [-0.15, -0.1) is 11.3 Å². The molecule has 1 aromatic heterocycles. The highest BCUT2D eigenvalue weighted by molar-refractivity contribution is 7.08. The Hall–Kier alpha value is -0.700. The van der Waals surface area contributed by atoms with Crippen LogP contribution in [0.2, 0.25) is 0 Å². The summed E-state index contributed by atoms with van der Waals surface area (Å²) in [6.45, 7) is 2.91. The van der Waals surface area contributed by atoms with Crippen LogP contribution in [0.15, 0.2) is 10.8 Å². The van der Waals surface area contributed by atoms with Gasteiger partial charge in [0.15, 0.2) is 11.5 Å². The zero-order valence-electron chi connectivity index (χ0n) is 7.79. The normalized spacial score (nSPS) is 20.2. The molecule has 1 aromatic rings. The summed E-state index contributed by atoms with van der Waals surface area (Å²) >= 11 is 1.63. The lowest BCUT2D eigenvalue weighted by Gasteiger charge is -2.24. The van der Waals surface area contributed by atoms with Gasteiger partial charge in [-0.1, -0.05) is 13.3 Å². The van der Waals surface area contributed by atoms with Gasteiger partial charge in [-0.3, -0.25) is 0 Å². The highest BCUT2D eigenvalue weighted by atomic mass is 32.1. The predicted octanol–water partition coefficient (Wildman–Crippen LogP) is 3.08. The topological polar surface area (TPSA) is 18.5 Å². The molecule has 0 bridgehead atoms. The summed E-state index contributed by atoms with van der Waals surface area (Å²) in [5.41, 5.74) is 0. The van der Waals surface area contributed by atoms with Gasteiger partial charge in [0.2, 0.25) is 0 Å². The molecule has 1 unspecified atom stereocenters. The Balaban J connectivity index is 1.93. The molecule has 1 atom stereocenters. The fourth-order valence-electron chi connectivity index (χ4n) is 1.44. The molecule has 1 aliphatic rings. The lowest BCUT2D eigenvalue weighted by atomic mass is 10.1. The van der Waals surface area contributed by atoms with E-state index in [4.69, 9.17) is 9.47 Å². The van der Waals surface area contributed by atoms with Crippen LogP contribution in [0.4, 0.5) is 0 Å². The molecule has 2 rings (SSSR count). The number of fused-ring (bicyclic) bond motifs is 1. The summed E-state index contributed by atoms with van der Waals surface area (Å²) in [5, 5.41) is 4.00. The van der Waals surface area contributed by atoms with Crippen LogP contribution in [0.1, 0.15) is 26.2 Å². The van der Waals surface area contributed by atoms with E-state index in [-0.39, 0.29) is 6.10 Å². The molecule has 0 amide bonds. The third-order valence-corrected chi connectivity index (χ3v) is 2.89. The van der Waals surface area contributed by atoms with Crippen LogP contribution in [-0.4, -0.2) is 12.7 Å². The highest BCUT2D eigenvalue weighted by Gasteiger charge is 2.20. The predicted molar refractivity (Wildman–Crippen MR) is 53.8 cm³/mol. The van der Waals surface area contributed by atoms with Crippen molar-refractivity contribution < 1.29 is 9.47 Å².